The summed E-state index contributed by atoms with van der Waals surface area (Å²) >= 11 is 0. The van der Waals surface area contributed by atoms with Gasteiger partial charge in [-0.3, -0.25) is 14.9 Å². The second kappa shape index (κ2) is 6.64. The van der Waals surface area contributed by atoms with Gasteiger partial charge in [0, 0.05) is 17.8 Å². The standard InChI is InChI=1S/C17H17F2N3O3/c1-10-7-11(21-15(23)13-8-17(18,19)9-20-13)4-5-12(10)22-16(24)14-3-2-6-25-14/h2-7,13,20H,8-9H2,1H3,(H,21,23)(H,22,24). The number of alkyl halides is 2. The van der Waals surface area contributed by atoms with Crippen molar-refractivity contribution in [2.24, 2.45) is 0 Å². The van der Waals surface area contributed by atoms with Crippen LogP contribution >= 0.6 is 0 Å². The highest BCUT2D eigenvalue weighted by molar-refractivity contribution is 6.03. The lowest BCUT2D eigenvalue weighted by Gasteiger charge is -2.13. The largest absolute Gasteiger partial charge is 0.459 e. The molecule has 1 aromatic carbocycles. The number of hydrogen-bond donors (Lipinski definition) is 3. The minimum absolute atomic E-state index is 0.185. The predicted octanol–water partition coefficient (Wildman–Crippen LogP) is 2.78. The van der Waals surface area contributed by atoms with Crippen molar-refractivity contribution in [3.63, 3.8) is 0 Å². The van der Waals surface area contributed by atoms with Crippen molar-refractivity contribution in [1.82, 2.24) is 5.32 Å². The van der Waals surface area contributed by atoms with Gasteiger partial charge in [0.05, 0.1) is 18.8 Å². The van der Waals surface area contributed by atoms with Crippen molar-refractivity contribution < 1.29 is 22.8 Å². The Hall–Kier alpha value is -2.74. The molecule has 3 N–H and O–H groups in total. The van der Waals surface area contributed by atoms with Gasteiger partial charge < -0.3 is 15.1 Å². The van der Waals surface area contributed by atoms with Crippen LogP contribution in [0.1, 0.15) is 22.5 Å². The second-order valence-electron chi connectivity index (χ2n) is 5.94. The minimum atomic E-state index is -2.86. The molecule has 0 bridgehead atoms. The number of anilines is 2. The van der Waals surface area contributed by atoms with E-state index in [1.165, 1.54) is 6.26 Å². The normalized spacial score (nSPS) is 18.8. The molecule has 8 heteroatoms. The fourth-order valence-corrected chi connectivity index (χ4v) is 2.60. The molecule has 1 atom stereocenters. The molecule has 132 valence electrons. The molecule has 0 radical (unpaired) electrons. The lowest BCUT2D eigenvalue weighted by Crippen LogP contribution is -2.35. The molecular weight excluding hydrogens is 332 g/mol. The molecule has 1 saturated heterocycles. The van der Waals surface area contributed by atoms with Gasteiger partial charge in [0.2, 0.25) is 5.91 Å². The lowest BCUT2D eigenvalue weighted by molar-refractivity contribution is -0.118. The van der Waals surface area contributed by atoms with E-state index in [0.717, 1.165) is 0 Å². The van der Waals surface area contributed by atoms with Gasteiger partial charge in [0.1, 0.15) is 0 Å². The minimum Gasteiger partial charge on any atom is -0.459 e. The van der Waals surface area contributed by atoms with Crippen molar-refractivity contribution in [3.05, 3.63) is 47.9 Å². The van der Waals surface area contributed by atoms with Crippen LogP contribution in [0.2, 0.25) is 0 Å². The number of aryl methyl sites for hydroxylation is 1. The number of rotatable bonds is 4. The molecule has 3 rings (SSSR count). The summed E-state index contributed by atoms with van der Waals surface area (Å²) in [7, 11) is 0. The fourth-order valence-electron chi connectivity index (χ4n) is 2.60. The summed E-state index contributed by atoms with van der Waals surface area (Å²) in [5, 5.41) is 7.81. The first-order chi connectivity index (χ1) is 11.8. The summed E-state index contributed by atoms with van der Waals surface area (Å²) in [5.74, 6) is -3.58. The van der Waals surface area contributed by atoms with Crippen LogP contribution in [0.15, 0.2) is 41.0 Å². The highest BCUT2D eigenvalue weighted by Crippen LogP contribution is 2.26. The van der Waals surface area contributed by atoms with E-state index < -0.39 is 30.8 Å². The van der Waals surface area contributed by atoms with Crippen molar-refractivity contribution in [1.29, 1.82) is 0 Å². The molecule has 0 aliphatic carbocycles. The smallest absolute Gasteiger partial charge is 0.291 e. The zero-order valence-electron chi connectivity index (χ0n) is 13.4. The summed E-state index contributed by atoms with van der Waals surface area (Å²) in [6.07, 6.45) is 0.885. The Bertz CT molecular complexity index is 790. The van der Waals surface area contributed by atoms with Gasteiger partial charge in [-0.1, -0.05) is 0 Å². The molecule has 6 nitrogen and oxygen atoms in total. The highest BCUT2D eigenvalue weighted by Gasteiger charge is 2.42. The summed E-state index contributed by atoms with van der Waals surface area (Å²) in [5.41, 5.74) is 1.74. The average molecular weight is 349 g/mol. The molecule has 0 saturated carbocycles. The number of amides is 2. The van der Waals surface area contributed by atoms with Crippen LogP contribution in [0.4, 0.5) is 20.2 Å². The zero-order chi connectivity index (χ0) is 18.0. The van der Waals surface area contributed by atoms with Crippen LogP contribution in [0.3, 0.4) is 0 Å². The maximum atomic E-state index is 13.2. The molecule has 1 unspecified atom stereocenters. The molecule has 25 heavy (non-hydrogen) atoms. The average Bonchev–Trinajstić information content (AvgIpc) is 3.19. The topological polar surface area (TPSA) is 83.4 Å². The molecule has 1 aliphatic heterocycles. The van der Waals surface area contributed by atoms with E-state index >= 15 is 0 Å². The first-order valence-electron chi connectivity index (χ1n) is 7.72. The summed E-state index contributed by atoms with van der Waals surface area (Å²) in [6, 6.07) is 7.11. The van der Waals surface area contributed by atoms with Crippen LogP contribution < -0.4 is 16.0 Å². The van der Waals surface area contributed by atoms with Gasteiger partial charge >= 0.3 is 0 Å². The Kier molecular flexibility index (Phi) is 4.54. The first kappa shape index (κ1) is 17.1. The highest BCUT2D eigenvalue weighted by atomic mass is 19.3. The fraction of sp³-hybridized carbons (Fsp3) is 0.294. The van der Waals surface area contributed by atoms with Crippen molar-refractivity contribution >= 4 is 23.2 Å². The third kappa shape index (κ3) is 4.03. The van der Waals surface area contributed by atoms with Gasteiger partial charge in [0.15, 0.2) is 5.76 Å². The van der Waals surface area contributed by atoms with E-state index in [0.29, 0.717) is 16.9 Å². The lowest BCUT2D eigenvalue weighted by atomic mass is 10.1. The molecule has 1 aliphatic rings. The van der Waals surface area contributed by atoms with Gasteiger partial charge in [0.25, 0.3) is 11.8 Å². The van der Waals surface area contributed by atoms with Crippen LogP contribution in [-0.2, 0) is 4.79 Å². The Labute approximate surface area is 142 Å². The number of hydrogen-bond acceptors (Lipinski definition) is 4. The summed E-state index contributed by atoms with van der Waals surface area (Å²) < 4.78 is 31.3. The molecule has 2 heterocycles. The predicted molar refractivity (Wildman–Crippen MR) is 87.8 cm³/mol. The van der Waals surface area contributed by atoms with E-state index in [2.05, 4.69) is 16.0 Å². The van der Waals surface area contributed by atoms with Crippen molar-refractivity contribution in [3.8, 4) is 0 Å². The quantitative estimate of drug-likeness (QED) is 0.793. The van der Waals surface area contributed by atoms with E-state index in [1.54, 1.807) is 37.3 Å². The first-order valence-corrected chi connectivity index (χ1v) is 7.72. The molecular formula is C17H17F2N3O3. The molecule has 1 fully saturated rings. The molecule has 0 spiro atoms. The monoisotopic (exact) mass is 349 g/mol. The number of halogens is 2. The molecule has 2 amide bonds. The van der Waals surface area contributed by atoms with Crippen LogP contribution in [-0.4, -0.2) is 30.3 Å². The Morgan fingerprint density at radius 2 is 2.08 bits per heavy atom. The number of benzene rings is 1. The Balaban J connectivity index is 1.64. The molecule has 1 aromatic heterocycles. The third-order valence-electron chi connectivity index (χ3n) is 3.91. The van der Waals surface area contributed by atoms with Crippen molar-refractivity contribution in [2.45, 2.75) is 25.3 Å². The number of carbonyl (C=O) groups excluding carboxylic acids is 2. The maximum absolute atomic E-state index is 13.2. The van der Waals surface area contributed by atoms with Crippen molar-refractivity contribution in [2.75, 3.05) is 17.2 Å². The zero-order valence-corrected chi connectivity index (χ0v) is 13.4. The van der Waals surface area contributed by atoms with Gasteiger partial charge in [-0.15, -0.1) is 0 Å². The van der Waals surface area contributed by atoms with Crippen LogP contribution in [0.5, 0.6) is 0 Å². The number of furan rings is 1. The van der Waals surface area contributed by atoms with E-state index in [9.17, 15) is 18.4 Å². The SMILES string of the molecule is Cc1cc(NC(=O)C2CC(F)(F)CN2)ccc1NC(=O)c1ccco1. The van der Waals surface area contributed by atoms with E-state index in [-0.39, 0.29) is 11.7 Å². The summed E-state index contributed by atoms with van der Waals surface area (Å²) in [4.78, 5) is 24.0. The molecule has 2 aromatic rings. The van der Waals surface area contributed by atoms with Crippen LogP contribution in [0.25, 0.3) is 0 Å². The number of carbonyl (C=O) groups is 2. The second-order valence-corrected chi connectivity index (χ2v) is 5.94. The summed E-state index contributed by atoms with van der Waals surface area (Å²) in [6.45, 7) is 1.26. The Morgan fingerprint density at radius 1 is 1.28 bits per heavy atom. The Morgan fingerprint density at radius 3 is 2.68 bits per heavy atom. The van der Waals surface area contributed by atoms with Gasteiger partial charge in [-0.2, -0.15) is 0 Å². The van der Waals surface area contributed by atoms with Crippen LogP contribution in [0, 0.1) is 6.92 Å². The van der Waals surface area contributed by atoms with Gasteiger partial charge in [-0.25, -0.2) is 8.78 Å². The van der Waals surface area contributed by atoms with E-state index in [4.69, 9.17) is 4.42 Å². The van der Waals surface area contributed by atoms with E-state index in [1.807, 2.05) is 0 Å². The van der Waals surface area contributed by atoms with Gasteiger partial charge in [-0.05, 0) is 42.8 Å². The number of nitrogens with one attached hydrogen (secondary N) is 3. The maximum Gasteiger partial charge on any atom is 0.291 e. The third-order valence-corrected chi connectivity index (χ3v) is 3.91.